The summed E-state index contributed by atoms with van der Waals surface area (Å²) < 4.78 is 11.6. The number of rotatable bonds is 5. The molecular formula is C34H51ClO5. The second-order valence-electron chi connectivity index (χ2n) is 15.7. The summed E-state index contributed by atoms with van der Waals surface area (Å²) in [6.45, 7) is 18.4. The van der Waals surface area contributed by atoms with E-state index in [1.54, 1.807) is 0 Å². The second kappa shape index (κ2) is 9.85. The van der Waals surface area contributed by atoms with Gasteiger partial charge in [0.15, 0.2) is 5.78 Å². The molecule has 5 aliphatic rings. The number of ether oxygens (including phenoxy) is 2. The third-order valence-electron chi connectivity index (χ3n) is 13.4. The van der Waals surface area contributed by atoms with Gasteiger partial charge in [-0.1, -0.05) is 48.5 Å². The number of esters is 2. The first-order valence-electron chi connectivity index (χ1n) is 15.7. The Bertz CT molecular complexity index is 1120. The van der Waals surface area contributed by atoms with Crippen LogP contribution in [0.1, 0.15) is 113 Å². The number of allylic oxidation sites excluding steroid dienone is 1. The van der Waals surface area contributed by atoms with Crippen LogP contribution in [0.15, 0.2) is 11.1 Å². The Morgan fingerprint density at radius 1 is 0.925 bits per heavy atom. The first kappa shape index (κ1) is 30.1. The Balaban J connectivity index is 1.53. The Hall–Kier alpha value is -1.36. The van der Waals surface area contributed by atoms with Crippen molar-refractivity contribution in [2.75, 3.05) is 12.5 Å². The molecule has 4 saturated carbocycles. The Labute approximate surface area is 246 Å². The molecule has 40 heavy (non-hydrogen) atoms. The minimum Gasteiger partial charge on any atom is -0.465 e. The lowest BCUT2D eigenvalue weighted by Gasteiger charge is -2.72. The first-order valence-corrected chi connectivity index (χ1v) is 16.3. The maximum atomic E-state index is 13.6. The third kappa shape index (κ3) is 4.09. The van der Waals surface area contributed by atoms with Crippen LogP contribution in [0.5, 0.6) is 0 Å². The van der Waals surface area contributed by atoms with E-state index in [9.17, 15) is 14.4 Å². The maximum absolute atomic E-state index is 13.6. The lowest BCUT2D eigenvalue weighted by Crippen LogP contribution is -2.66. The minimum atomic E-state index is -0.330. The van der Waals surface area contributed by atoms with Gasteiger partial charge in [-0.3, -0.25) is 14.4 Å². The van der Waals surface area contributed by atoms with Crippen LogP contribution < -0.4 is 0 Å². The van der Waals surface area contributed by atoms with Crippen molar-refractivity contribution in [2.24, 2.45) is 50.7 Å². The van der Waals surface area contributed by atoms with E-state index < -0.39 is 0 Å². The van der Waals surface area contributed by atoms with Crippen molar-refractivity contribution < 1.29 is 23.9 Å². The smallest absolute Gasteiger partial charge is 0.321 e. The van der Waals surface area contributed by atoms with E-state index >= 15 is 0 Å². The Morgan fingerprint density at radius 2 is 1.62 bits per heavy atom. The molecule has 0 bridgehead atoms. The van der Waals surface area contributed by atoms with Crippen LogP contribution in [0.3, 0.4) is 0 Å². The summed E-state index contributed by atoms with van der Waals surface area (Å²) in [5, 5.41) is 0. The largest absolute Gasteiger partial charge is 0.465 e. The number of hydrogen-bond donors (Lipinski definition) is 0. The minimum absolute atomic E-state index is 0.0792. The summed E-state index contributed by atoms with van der Waals surface area (Å²) >= 11 is 5.82. The topological polar surface area (TPSA) is 69.7 Å². The standard InChI is InChI=1S/C34H51ClO5/c1-20(2)28-23(37)17-34(19-39-21(3)36)16-15-32(7)22(29(28)34)9-10-25-31(6)13-12-26(40-27(38)18-35)30(4,5)24(31)11-14-33(25,32)8/h20,22,24-26H,9-19H2,1-8H3/t22?,24?,25?,26-,31-,32+,33+,34-/m0/s1. The van der Waals surface area contributed by atoms with Gasteiger partial charge in [-0.2, -0.15) is 0 Å². The van der Waals surface area contributed by atoms with Crippen LogP contribution in [0.4, 0.5) is 0 Å². The van der Waals surface area contributed by atoms with Gasteiger partial charge in [-0.15, -0.1) is 11.6 Å². The monoisotopic (exact) mass is 574 g/mol. The molecule has 8 atom stereocenters. The van der Waals surface area contributed by atoms with E-state index in [1.807, 2.05) is 0 Å². The molecule has 4 fully saturated rings. The van der Waals surface area contributed by atoms with Crippen LogP contribution in [0.25, 0.3) is 0 Å². The number of carbonyl (C=O) groups excluding carboxylic acids is 3. The second-order valence-corrected chi connectivity index (χ2v) is 16.0. The van der Waals surface area contributed by atoms with Gasteiger partial charge in [0.25, 0.3) is 0 Å². The van der Waals surface area contributed by atoms with E-state index in [0.717, 1.165) is 56.9 Å². The molecule has 0 heterocycles. The van der Waals surface area contributed by atoms with E-state index in [4.69, 9.17) is 21.1 Å². The normalized spacial score (nSPS) is 43.9. The number of halogens is 1. The fourth-order valence-corrected chi connectivity index (χ4v) is 11.6. The van der Waals surface area contributed by atoms with Gasteiger partial charge in [0.05, 0.1) is 0 Å². The molecule has 6 heteroatoms. The molecule has 0 saturated heterocycles. The van der Waals surface area contributed by atoms with E-state index in [2.05, 4.69) is 48.5 Å². The zero-order valence-corrected chi connectivity index (χ0v) is 26.8. The molecule has 0 amide bonds. The summed E-state index contributed by atoms with van der Waals surface area (Å²) in [6, 6.07) is 0. The molecule has 5 rings (SSSR count). The zero-order chi connectivity index (χ0) is 29.5. The molecule has 0 aromatic carbocycles. The fraction of sp³-hybridized carbons (Fsp3) is 0.853. The number of hydrogen-bond acceptors (Lipinski definition) is 5. The van der Waals surface area contributed by atoms with Crippen LogP contribution in [0.2, 0.25) is 0 Å². The van der Waals surface area contributed by atoms with Crippen molar-refractivity contribution in [3.05, 3.63) is 11.1 Å². The molecule has 5 nitrogen and oxygen atoms in total. The molecule has 0 aromatic heterocycles. The summed E-state index contributed by atoms with van der Waals surface area (Å²) in [5.74, 6) is 1.18. The molecule has 3 unspecified atom stereocenters. The summed E-state index contributed by atoms with van der Waals surface area (Å²) in [6.07, 6.45) is 8.85. The SMILES string of the molecule is CC(=O)OC[C@@]12CC[C@]3(C)C(CCC4[C@@]5(C)CC[C@H](OC(=O)CCl)C(C)(C)C5CC[C@]43C)C1=C(C(C)C)C(=O)C2. The number of carbonyl (C=O) groups is 3. The van der Waals surface area contributed by atoms with Gasteiger partial charge in [0, 0.05) is 24.2 Å². The molecule has 5 aliphatic carbocycles. The van der Waals surface area contributed by atoms with Gasteiger partial charge >= 0.3 is 11.9 Å². The number of fused-ring (bicyclic) bond motifs is 7. The van der Waals surface area contributed by atoms with Gasteiger partial charge in [-0.05, 0) is 102 Å². The zero-order valence-electron chi connectivity index (χ0n) is 26.1. The molecule has 0 aliphatic heterocycles. The molecule has 0 N–H and O–H groups in total. The van der Waals surface area contributed by atoms with Crippen molar-refractivity contribution in [1.82, 2.24) is 0 Å². The maximum Gasteiger partial charge on any atom is 0.321 e. The highest BCUT2D eigenvalue weighted by atomic mass is 35.5. The van der Waals surface area contributed by atoms with Gasteiger partial charge < -0.3 is 9.47 Å². The van der Waals surface area contributed by atoms with E-state index in [-0.39, 0.29) is 62.7 Å². The third-order valence-corrected chi connectivity index (χ3v) is 13.7. The average molecular weight is 575 g/mol. The van der Waals surface area contributed by atoms with Gasteiger partial charge in [0.2, 0.25) is 0 Å². The van der Waals surface area contributed by atoms with Crippen molar-refractivity contribution in [3.63, 3.8) is 0 Å². The van der Waals surface area contributed by atoms with Gasteiger partial charge in [0.1, 0.15) is 18.6 Å². The first-order chi connectivity index (χ1) is 18.6. The summed E-state index contributed by atoms with van der Waals surface area (Å²) in [7, 11) is 0. The van der Waals surface area contributed by atoms with Crippen LogP contribution in [0, 0.1) is 50.7 Å². The Kier molecular flexibility index (Phi) is 7.41. The average Bonchev–Trinajstić information content (AvgIpc) is 3.17. The number of alkyl halides is 1. The van der Waals surface area contributed by atoms with Crippen molar-refractivity contribution in [2.45, 2.75) is 119 Å². The predicted octanol–water partition coefficient (Wildman–Crippen LogP) is 7.68. The van der Waals surface area contributed by atoms with E-state index in [0.29, 0.717) is 30.8 Å². The highest BCUT2D eigenvalue weighted by Crippen LogP contribution is 2.76. The van der Waals surface area contributed by atoms with Gasteiger partial charge in [-0.25, -0.2) is 0 Å². The van der Waals surface area contributed by atoms with Crippen molar-refractivity contribution in [3.8, 4) is 0 Å². The lowest BCUT2D eigenvalue weighted by molar-refractivity contribution is -0.233. The van der Waals surface area contributed by atoms with Crippen LogP contribution >= 0.6 is 11.6 Å². The number of Topliss-reactive ketones (excluding diaryl/α,β-unsaturated/α-hetero) is 1. The molecule has 0 spiro atoms. The quantitative estimate of drug-likeness (QED) is 0.249. The van der Waals surface area contributed by atoms with Crippen molar-refractivity contribution >= 4 is 29.3 Å². The van der Waals surface area contributed by atoms with Crippen LogP contribution in [-0.2, 0) is 23.9 Å². The summed E-state index contributed by atoms with van der Waals surface area (Å²) in [5.41, 5.74) is 2.34. The highest BCUT2D eigenvalue weighted by molar-refractivity contribution is 6.26. The molecule has 0 aromatic rings. The lowest BCUT2D eigenvalue weighted by atomic mass is 9.33. The van der Waals surface area contributed by atoms with Crippen molar-refractivity contribution in [1.29, 1.82) is 0 Å². The molecule has 224 valence electrons. The summed E-state index contributed by atoms with van der Waals surface area (Å²) in [4.78, 5) is 37.7. The van der Waals surface area contributed by atoms with Crippen LogP contribution in [-0.4, -0.2) is 36.3 Å². The predicted molar refractivity (Wildman–Crippen MR) is 157 cm³/mol. The highest BCUT2D eigenvalue weighted by Gasteiger charge is 2.70. The number of ketones is 1. The Morgan fingerprint density at radius 3 is 2.25 bits per heavy atom. The van der Waals surface area contributed by atoms with E-state index in [1.165, 1.54) is 12.5 Å². The fourth-order valence-electron chi connectivity index (χ4n) is 11.5. The molecule has 0 radical (unpaired) electrons. The molecular weight excluding hydrogens is 524 g/mol.